The molecule has 2 aromatic rings. The predicted molar refractivity (Wildman–Crippen MR) is 146 cm³/mol. The van der Waals surface area contributed by atoms with Gasteiger partial charge in [0, 0.05) is 42.6 Å². The maximum atomic E-state index is 14.1. The molecule has 0 spiro atoms. The Morgan fingerprint density at radius 2 is 1.97 bits per heavy atom. The Morgan fingerprint density at radius 1 is 1.18 bits per heavy atom. The number of hydrogen-bond donors (Lipinski definition) is 2. The molecule has 12 heteroatoms. The second-order valence-electron chi connectivity index (χ2n) is 10.2. The predicted octanol–water partition coefficient (Wildman–Crippen LogP) is 4.70. The zero-order valence-electron chi connectivity index (χ0n) is 21.3. The van der Waals surface area contributed by atoms with Gasteiger partial charge in [-0.15, -0.1) is 11.3 Å². The van der Waals surface area contributed by atoms with Crippen molar-refractivity contribution in [3.8, 4) is 0 Å². The molecule has 1 aromatic heterocycles. The van der Waals surface area contributed by atoms with E-state index in [0.29, 0.717) is 27.4 Å². The molecular weight excluding hydrogens is 550 g/mol. The number of carbonyl (C=O) groups is 3. The van der Waals surface area contributed by atoms with Gasteiger partial charge >= 0.3 is 0 Å². The van der Waals surface area contributed by atoms with Gasteiger partial charge in [-0.1, -0.05) is 18.0 Å². The van der Waals surface area contributed by atoms with E-state index in [1.165, 1.54) is 17.0 Å². The van der Waals surface area contributed by atoms with Gasteiger partial charge in [0.2, 0.25) is 5.91 Å². The first-order valence-corrected chi connectivity index (χ1v) is 14.4. The van der Waals surface area contributed by atoms with Gasteiger partial charge in [-0.2, -0.15) is 0 Å². The molecule has 0 radical (unpaired) electrons. The minimum Gasteiger partial charge on any atom is -0.370 e. The van der Waals surface area contributed by atoms with E-state index in [9.17, 15) is 23.2 Å². The highest BCUT2D eigenvalue weighted by Gasteiger charge is 2.40. The van der Waals surface area contributed by atoms with E-state index in [2.05, 4.69) is 15.5 Å². The monoisotopic (exact) mass is 580 g/mol. The third-order valence-electron chi connectivity index (χ3n) is 7.49. The van der Waals surface area contributed by atoms with Crippen LogP contribution in [0.25, 0.3) is 0 Å². The number of hydrogen-bond acceptors (Lipinski definition) is 6. The topological polar surface area (TPSA) is 91.0 Å². The number of ether oxygens (including phenoxy) is 1. The molecule has 1 aliphatic heterocycles. The number of rotatable bonds is 11. The van der Waals surface area contributed by atoms with E-state index in [1.807, 2.05) is 0 Å². The largest absolute Gasteiger partial charge is 0.370 e. The summed E-state index contributed by atoms with van der Waals surface area (Å²) in [4.78, 5) is 42.6. The molecule has 0 unspecified atom stereocenters. The summed E-state index contributed by atoms with van der Waals surface area (Å²) in [6.07, 6.45) is 2.38. The summed E-state index contributed by atoms with van der Waals surface area (Å²) >= 11 is 7.12. The summed E-state index contributed by atoms with van der Waals surface area (Å²) in [6, 6.07) is 6.96. The first-order chi connectivity index (χ1) is 18.8. The summed E-state index contributed by atoms with van der Waals surface area (Å²) in [5, 5.41) is 5.57. The molecule has 2 aliphatic carbocycles. The molecule has 1 saturated heterocycles. The molecule has 39 heavy (non-hydrogen) atoms. The summed E-state index contributed by atoms with van der Waals surface area (Å²) in [5.41, 5.74) is -0.0482. The number of anilines is 2. The molecule has 1 atom stereocenters. The average molecular weight is 581 g/mol. The van der Waals surface area contributed by atoms with Gasteiger partial charge in [-0.3, -0.25) is 19.3 Å². The molecular formula is C27H31ClF2N4O4S. The van der Waals surface area contributed by atoms with E-state index in [4.69, 9.17) is 16.3 Å². The first kappa shape index (κ1) is 27.9. The van der Waals surface area contributed by atoms with Crippen LogP contribution in [-0.4, -0.2) is 67.6 Å². The smallest absolute Gasteiger partial charge is 0.265 e. The molecule has 3 amide bonds. The lowest BCUT2D eigenvalue weighted by Gasteiger charge is -2.37. The Hall–Kier alpha value is -2.60. The summed E-state index contributed by atoms with van der Waals surface area (Å²) in [6.45, 7) is 1.24. The van der Waals surface area contributed by atoms with Crippen LogP contribution in [0.2, 0.25) is 4.34 Å². The third-order valence-corrected chi connectivity index (χ3v) is 8.72. The third kappa shape index (κ3) is 6.77. The number of amides is 3. The standard InChI is InChI=1S/C27H31ClF2N4O4S/c28-23-9-8-22(39-23)27(37)31-13-21(34(17-4-5-17)14-16-2-1-3-16)26(36)32-20-7-6-18(12-19(20)25(29)30)33-10-11-38-15-24(33)35/h6-9,12,16-17,21,25H,1-5,10-11,13-15H2,(H,31,37)(H,32,36)/t21-/m1/s1. The zero-order valence-corrected chi connectivity index (χ0v) is 22.9. The van der Waals surface area contributed by atoms with Gasteiger partial charge < -0.3 is 20.3 Å². The Kier molecular flexibility index (Phi) is 8.80. The van der Waals surface area contributed by atoms with Crippen LogP contribution < -0.4 is 15.5 Å². The van der Waals surface area contributed by atoms with Crippen LogP contribution in [0.5, 0.6) is 0 Å². The van der Waals surface area contributed by atoms with Crippen LogP contribution >= 0.6 is 22.9 Å². The van der Waals surface area contributed by atoms with Crippen molar-refractivity contribution in [3.63, 3.8) is 0 Å². The van der Waals surface area contributed by atoms with Crippen LogP contribution in [-0.2, 0) is 14.3 Å². The van der Waals surface area contributed by atoms with E-state index in [1.54, 1.807) is 18.2 Å². The molecule has 2 heterocycles. The van der Waals surface area contributed by atoms with Crippen LogP contribution in [0, 0.1) is 5.92 Å². The second-order valence-corrected chi connectivity index (χ2v) is 11.9. The Balaban J connectivity index is 1.36. The lowest BCUT2D eigenvalue weighted by atomic mass is 9.84. The van der Waals surface area contributed by atoms with E-state index >= 15 is 0 Å². The molecule has 3 aliphatic rings. The minimum atomic E-state index is -2.87. The number of benzene rings is 1. The highest BCUT2D eigenvalue weighted by molar-refractivity contribution is 7.18. The number of thiophene rings is 1. The Labute approximate surface area is 234 Å². The highest BCUT2D eigenvalue weighted by atomic mass is 35.5. The molecule has 8 nitrogen and oxygen atoms in total. The van der Waals surface area contributed by atoms with Gasteiger partial charge in [0.05, 0.1) is 15.8 Å². The van der Waals surface area contributed by atoms with Gasteiger partial charge in [0.1, 0.15) is 12.6 Å². The molecule has 210 valence electrons. The van der Waals surface area contributed by atoms with Crippen LogP contribution in [0.1, 0.15) is 53.8 Å². The highest BCUT2D eigenvalue weighted by Crippen LogP contribution is 2.36. The number of nitrogens with zero attached hydrogens (tertiary/aromatic N) is 2. The van der Waals surface area contributed by atoms with Crippen LogP contribution in [0.4, 0.5) is 20.2 Å². The van der Waals surface area contributed by atoms with Crippen molar-refractivity contribution in [2.75, 3.05) is 43.1 Å². The fourth-order valence-electron chi connectivity index (χ4n) is 5.00. The van der Waals surface area contributed by atoms with Crippen molar-refractivity contribution < 1.29 is 27.9 Å². The molecule has 1 aromatic carbocycles. The van der Waals surface area contributed by atoms with Crippen molar-refractivity contribution in [3.05, 3.63) is 45.1 Å². The first-order valence-electron chi connectivity index (χ1n) is 13.2. The number of morpholine rings is 1. The summed E-state index contributed by atoms with van der Waals surface area (Å²) < 4.78 is 33.9. The second kappa shape index (κ2) is 12.3. The SMILES string of the molecule is O=C(NC[C@H](C(=O)Nc1ccc(N2CCOCC2=O)cc1C(F)F)N(CC1CCC1)C1CC1)c1ccc(Cl)s1. The lowest BCUT2D eigenvalue weighted by Crippen LogP contribution is -2.53. The molecule has 2 N–H and O–H groups in total. The molecule has 2 saturated carbocycles. The number of alkyl halides is 2. The maximum absolute atomic E-state index is 14.1. The normalized spacial score (nSPS) is 18.8. The van der Waals surface area contributed by atoms with Gasteiger partial charge in [0.15, 0.2) is 0 Å². The fourth-order valence-corrected chi connectivity index (χ4v) is 5.96. The summed E-state index contributed by atoms with van der Waals surface area (Å²) in [5.74, 6) is -0.619. The quantitative estimate of drug-likeness (QED) is 0.402. The number of halogens is 3. The van der Waals surface area contributed by atoms with Crippen molar-refractivity contribution in [2.45, 2.75) is 50.6 Å². The van der Waals surface area contributed by atoms with Crippen molar-refractivity contribution in [1.29, 1.82) is 0 Å². The molecule has 3 fully saturated rings. The number of carbonyl (C=O) groups excluding carboxylic acids is 3. The Morgan fingerprint density at radius 3 is 2.59 bits per heavy atom. The van der Waals surface area contributed by atoms with E-state index in [-0.39, 0.29) is 48.8 Å². The Bertz CT molecular complexity index is 1220. The van der Waals surface area contributed by atoms with E-state index < -0.39 is 18.4 Å². The van der Waals surface area contributed by atoms with Crippen molar-refractivity contribution in [1.82, 2.24) is 10.2 Å². The van der Waals surface area contributed by atoms with Crippen LogP contribution in [0.15, 0.2) is 30.3 Å². The van der Waals surface area contributed by atoms with E-state index in [0.717, 1.165) is 50.0 Å². The molecule has 5 rings (SSSR count). The lowest BCUT2D eigenvalue weighted by molar-refractivity contribution is -0.125. The van der Waals surface area contributed by atoms with Crippen molar-refractivity contribution >= 4 is 52.0 Å². The fraction of sp³-hybridized carbons (Fsp3) is 0.519. The minimum absolute atomic E-state index is 0.0137. The van der Waals surface area contributed by atoms with Gasteiger partial charge in [-0.05, 0) is 61.9 Å². The maximum Gasteiger partial charge on any atom is 0.265 e. The number of nitrogens with one attached hydrogen (secondary N) is 2. The average Bonchev–Trinajstić information content (AvgIpc) is 3.64. The van der Waals surface area contributed by atoms with Gasteiger partial charge in [-0.25, -0.2) is 8.78 Å². The molecule has 0 bridgehead atoms. The van der Waals surface area contributed by atoms with Crippen molar-refractivity contribution in [2.24, 2.45) is 5.92 Å². The zero-order chi connectivity index (χ0) is 27.5. The van der Waals surface area contributed by atoms with Crippen LogP contribution in [0.3, 0.4) is 0 Å². The van der Waals surface area contributed by atoms with Gasteiger partial charge in [0.25, 0.3) is 18.2 Å². The summed E-state index contributed by atoms with van der Waals surface area (Å²) in [7, 11) is 0.